The second kappa shape index (κ2) is 7.09. The summed E-state index contributed by atoms with van der Waals surface area (Å²) in [6, 6.07) is 14.4. The van der Waals surface area contributed by atoms with Gasteiger partial charge in [-0.15, -0.1) is 0 Å². The first-order chi connectivity index (χ1) is 16.1. The van der Waals surface area contributed by atoms with Gasteiger partial charge in [-0.05, 0) is 60.9 Å². The van der Waals surface area contributed by atoms with E-state index in [1.807, 2.05) is 22.8 Å². The third-order valence-electron chi connectivity index (χ3n) is 7.04. The molecule has 2 aliphatic rings. The summed E-state index contributed by atoms with van der Waals surface area (Å²) < 4.78 is 44.2. The number of rotatable bonds is 2. The lowest BCUT2D eigenvalue weighted by Crippen LogP contribution is -2.30. The highest BCUT2D eigenvalue weighted by atomic mass is 31.2. The first-order valence-corrected chi connectivity index (χ1v) is 13.7. The van der Waals surface area contributed by atoms with Crippen LogP contribution >= 0.6 is 7.14 Å². The van der Waals surface area contributed by atoms with Crippen molar-refractivity contribution in [2.75, 3.05) is 20.4 Å². The third-order valence-corrected chi connectivity index (χ3v) is 8.56. The van der Waals surface area contributed by atoms with E-state index in [2.05, 4.69) is 0 Å². The lowest BCUT2D eigenvalue weighted by atomic mass is 9.98. The standard InChI is InChI=1S/C26H22F2N3O2P/c1-30-22-13-21(24-16(26(30)32)5-4-6-17(24)27)31-20-12-15(7-9-19(20)29-25(22)31)14-8-10-23(18(28)11-14)34(2,3)33/h4-12,21-22H,13H2,1-3H3/t21-,22-/m1/s1. The Labute approximate surface area is 195 Å². The van der Waals surface area contributed by atoms with E-state index in [4.69, 9.17) is 4.98 Å². The molecule has 6 rings (SSSR count). The molecule has 0 aliphatic carbocycles. The Morgan fingerprint density at radius 2 is 1.71 bits per heavy atom. The van der Waals surface area contributed by atoms with Crippen LogP contribution in [0.3, 0.4) is 0 Å². The molecule has 3 heterocycles. The molecule has 2 aliphatic heterocycles. The first kappa shape index (κ1) is 21.2. The molecule has 3 aromatic carbocycles. The van der Waals surface area contributed by atoms with Gasteiger partial charge in [-0.2, -0.15) is 0 Å². The van der Waals surface area contributed by atoms with Gasteiger partial charge >= 0.3 is 0 Å². The Morgan fingerprint density at radius 1 is 0.971 bits per heavy atom. The van der Waals surface area contributed by atoms with Gasteiger partial charge in [0.1, 0.15) is 24.6 Å². The molecule has 34 heavy (non-hydrogen) atoms. The maximum Gasteiger partial charge on any atom is 0.254 e. The minimum absolute atomic E-state index is 0.208. The molecule has 0 spiro atoms. The SMILES string of the molecule is CN1C(=O)c2cccc(F)c2[C@H]2C[C@@H]1c1nc3ccc(-c4ccc(P(C)(C)=O)c(F)c4)cc3n12. The number of halogens is 2. The third kappa shape index (κ3) is 2.93. The van der Waals surface area contributed by atoms with Crippen LogP contribution in [0.15, 0.2) is 54.6 Å². The van der Waals surface area contributed by atoms with Gasteiger partial charge in [0, 0.05) is 29.9 Å². The van der Waals surface area contributed by atoms with Gasteiger partial charge in [0.15, 0.2) is 0 Å². The molecular weight excluding hydrogens is 455 g/mol. The van der Waals surface area contributed by atoms with Crippen molar-refractivity contribution in [2.24, 2.45) is 0 Å². The molecule has 1 aromatic heterocycles. The van der Waals surface area contributed by atoms with Crippen LogP contribution in [-0.4, -0.2) is 40.7 Å². The second-order valence-corrected chi connectivity index (χ2v) is 12.6. The molecule has 172 valence electrons. The van der Waals surface area contributed by atoms with Crippen LogP contribution in [0.1, 0.15) is 40.3 Å². The van der Waals surface area contributed by atoms with Gasteiger partial charge in [0.05, 0.1) is 23.1 Å². The topological polar surface area (TPSA) is 55.2 Å². The predicted octanol–water partition coefficient (Wildman–Crippen LogP) is 5.35. The average Bonchev–Trinajstić information content (AvgIpc) is 3.30. The summed E-state index contributed by atoms with van der Waals surface area (Å²) in [6.07, 6.45) is 0.546. The highest BCUT2D eigenvalue weighted by molar-refractivity contribution is 7.70. The van der Waals surface area contributed by atoms with Gasteiger partial charge in [0.25, 0.3) is 5.91 Å². The number of carbonyl (C=O) groups excluding carboxylic acids is 1. The second-order valence-electron chi connectivity index (χ2n) is 9.44. The summed E-state index contributed by atoms with van der Waals surface area (Å²) in [6.45, 7) is 3.10. The van der Waals surface area contributed by atoms with E-state index in [0.717, 1.165) is 22.4 Å². The maximum absolute atomic E-state index is 15.1. The molecule has 2 atom stereocenters. The minimum Gasteiger partial charge on any atom is -0.331 e. The largest absolute Gasteiger partial charge is 0.331 e. The highest BCUT2D eigenvalue weighted by Gasteiger charge is 2.44. The number of aromatic nitrogens is 2. The number of amides is 1. The maximum atomic E-state index is 15.1. The van der Waals surface area contributed by atoms with E-state index < -0.39 is 18.8 Å². The van der Waals surface area contributed by atoms with Gasteiger partial charge in [-0.25, -0.2) is 13.8 Å². The quantitative estimate of drug-likeness (QED) is 0.366. The van der Waals surface area contributed by atoms with Crippen LogP contribution in [-0.2, 0) is 4.57 Å². The van der Waals surface area contributed by atoms with Crippen molar-refractivity contribution in [1.82, 2.24) is 14.5 Å². The Kier molecular flexibility index (Phi) is 4.43. The number of carbonyl (C=O) groups is 1. The summed E-state index contributed by atoms with van der Waals surface area (Å²) in [5, 5.41) is 0.229. The summed E-state index contributed by atoms with van der Waals surface area (Å²) in [5.41, 5.74) is 3.74. The van der Waals surface area contributed by atoms with Gasteiger partial charge in [0.2, 0.25) is 0 Å². The van der Waals surface area contributed by atoms with Crippen molar-refractivity contribution < 1.29 is 18.1 Å². The fraction of sp³-hybridized carbons (Fsp3) is 0.231. The van der Waals surface area contributed by atoms with Crippen molar-refractivity contribution in [3.63, 3.8) is 0 Å². The van der Waals surface area contributed by atoms with Crippen LogP contribution in [0.2, 0.25) is 0 Å². The minimum atomic E-state index is -2.73. The normalized spacial score (nSPS) is 19.3. The molecule has 8 heteroatoms. The van der Waals surface area contributed by atoms with Crippen LogP contribution < -0.4 is 5.30 Å². The van der Waals surface area contributed by atoms with E-state index in [1.165, 1.54) is 12.1 Å². The summed E-state index contributed by atoms with van der Waals surface area (Å²) in [5.74, 6) is -0.382. The molecule has 1 amide bonds. The summed E-state index contributed by atoms with van der Waals surface area (Å²) in [7, 11) is -0.996. The molecule has 0 unspecified atom stereocenters. The zero-order chi connectivity index (χ0) is 23.9. The molecule has 5 nitrogen and oxygen atoms in total. The number of nitrogens with zero attached hydrogens (tertiary/aromatic N) is 3. The fourth-order valence-electron chi connectivity index (χ4n) is 5.37. The molecule has 0 saturated carbocycles. The zero-order valence-corrected chi connectivity index (χ0v) is 19.8. The Balaban J connectivity index is 1.55. The zero-order valence-electron chi connectivity index (χ0n) is 18.9. The van der Waals surface area contributed by atoms with Crippen molar-refractivity contribution >= 4 is 29.4 Å². The molecule has 0 radical (unpaired) electrons. The Morgan fingerprint density at radius 3 is 2.44 bits per heavy atom. The van der Waals surface area contributed by atoms with Crippen molar-refractivity contribution in [2.45, 2.75) is 18.5 Å². The van der Waals surface area contributed by atoms with Crippen LogP contribution in [0.25, 0.3) is 22.2 Å². The van der Waals surface area contributed by atoms with E-state index in [9.17, 15) is 13.8 Å². The average molecular weight is 477 g/mol. The number of hydrogen-bond donors (Lipinski definition) is 0. The van der Waals surface area contributed by atoms with Crippen LogP contribution in [0.4, 0.5) is 8.78 Å². The van der Waals surface area contributed by atoms with Crippen LogP contribution in [0, 0.1) is 11.6 Å². The Bertz CT molecular complexity index is 1570. The molecule has 0 saturated heterocycles. The number of fused-ring (bicyclic) bond motifs is 9. The molecular formula is C26H22F2N3O2P. The smallest absolute Gasteiger partial charge is 0.254 e. The van der Waals surface area contributed by atoms with Gasteiger partial charge in [-0.3, -0.25) is 4.79 Å². The van der Waals surface area contributed by atoms with E-state index in [0.29, 0.717) is 23.1 Å². The highest BCUT2D eigenvalue weighted by Crippen LogP contribution is 2.48. The van der Waals surface area contributed by atoms with E-state index >= 15 is 4.39 Å². The van der Waals surface area contributed by atoms with E-state index in [-0.39, 0.29) is 23.3 Å². The fourth-order valence-corrected chi connectivity index (χ4v) is 6.38. The van der Waals surface area contributed by atoms with Crippen molar-refractivity contribution in [1.29, 1.82) is 0 Å². The monoisotopic (exact) mass is 477 g/mol. The van der Waals surface area contributed by atoms with Crippen LogP contribution in [0.5, 0.6) is 0 Å². The van der Waals surface area contributed by atoms with Crippen molar-refractivity contribution in [3.8, 4) is 11.1 Å². The van der Waals surface area contributed by atoms with Gasteiger partial charge < -0.3 is 14.0 Å². The first-order valence-electron chi connectivity index (χ1n) is 11.1. The number of hydrogen-bond acceptors (Lipinski definition) is 3. The number of imidazole rings is 1. The Hall–Kier alpha value is -3.31. The molecule has 0 fully saturated rings. The summed E-state index contributed by atoms with van der Waals surface area (Å²) in [4.78, 5) is 19.5. The predicted molar refractivity (Wildman–Crippen MR) is 128 cm³/mol. The molecule has 4 aromatic rings. The number of benzene rings is 3. The lowest BCUT2D eigenvalue weighted by Gasteiger charge is -2.23. The van der Waals surface area contributed by atoms with E-state index in [1.54, 1.807) is 49.5 Å². The summed E-state index contributed by atoms with van der Waals surface area (Å²) >= 11 is 0. The molecule has 2 bridgehead atoms. The molecule has 0 N–H and O–H groups in total. The van der Waals surface area contributed by atoms with Gasteiger partial charge in [-0.1, -0.05) is 18.2 Å². The lowest BCUT2D eigenvalue weighted by molar-refractivity contribution is 0.0734. The van der Waals surface area contributed by atoms with Crippen molar-refractivity contribution in [3.05, 3.63) is 83.2 Å².